The van der Waals surface area contributed by atoms with Crippen LogP contribution >= 0.6 is 11.1 Å². The summed E-state index contributed by atoms with van der Waals surface area (Å²) in [6.07, 6.45) is 0.631. The first-order valence-corrected chi connectivity index (χ1v) is 6.37. The first kappa shape index (κ1) is 7.79. The van der Waals surface area contributed by atoms with Crippen LogP contribution in [0.5, 0.6) is 0 Å². The standard InChI is InChI=1S/C7H10ClNSi/c8-10(6-9)7-4-2-1-3-5-7/h1-5,10H,6,9H2. The van der Waals surface area contributed by atoms with Gasteiger partial charge in [-0.25, -0.2) is 0 Å². The van der Waals surface area contributed by atoms with Gasteiger partial charge in [0.15, 0.2) is 8.11 Å². The summed E-state index contributed by atoms with van der Waals surface area (Å²) in [4.78, 5) is 0. The fourth-order valence-electron chi connectivity index (χ4n) is 0.798. The van der Waals surface area contributed by atoms with Crippen molar-refractivity contribution in [3.63, 3.8) is 0 Å². The summed E-state index contributed by atoms with van der Waals surface area (Å²) >= 11 is 6.00. The molecule has 0 fully saturated rings. The zero-order chi connectivity index (χ0) is 7.40. The number of halogens is 1. The molecular formula is C7H10ClNSi. The van der Waals surface area contributed by atoms with E-state index in [1.807, 2.05) is 30.3 Å². The number of rotatable bonds is 2. The van der Waals surface area contributed by atoms with E-state index in [0.717, 1.165) is 0 Å². The van der Waals surface area contributed by atoms with Crippen LogP contribution in [0, 0.1) is 0 Å². The second-order valence-corrected chi connectivity index (χ2v) is 5.77. The van der Waals surface area contributed by atoms with Gasteiger partial charge in [-0.3, -0.25) is 0 Å². The van der Waals surface area contributed by atoms with Crippen molar-refractivity contribution in [1.29, 1.82) is 0 Å². The van der Waals surface area contributed by atoms with Crippen LogP contribution in [0.2, 0.25) is 0 Å². The van der Waals surface area contributed by atoms with Gasteiger partial charge in [-0.2, -0.15) is 11.1 Å². The van der Waals surface area contributed by atoms with Gasteiger partial charge in [0.1, 0.15) is 0 Å². The maximum absolute atomic E-state index is 6.00. The lowest BCUT2D eigenvalue weighted by Gasteiger charge is -2.02. The zero-order valence-corrected chi connectivity index (χ0v) is 7.54. The third kappa shape index (κ3) is 1.83. The average molecular weight is 172 g/mol. The van der Waals surface area contributed by atoms with Gasteiger partial charge in [0.25, 0.3) is 0 Å². The molecular weight excluding hydrogens is 162 g/mol. The van der Waals surface area contributed by atoms with E-state index in [1.54, 1.807) is 0 Å². The molecule has 0 spiro atoms. The Kier molecular flexibility index (Phi) is 2.93. The first-order valence-electron chi connectivity index (χ1n) is 3.23. The van der Waals surface area contributed by atoms with Crippen LogP contribution in [-0.2, 0) is 0 Å². The topological polar surface area (TPSA) is 26.0 Å². The molecule has 3 heteroatoms. The van der Waals surface area contributed by atoms with E-state index in [9.17, 15) is 0 Å². The van der Waals surface area contributed by atoms with Crippen molar-refractivity contribution in [2.24, 2.45) is 5.73 Å². The van der Waals surface area contributed by atoms with E-state index in [4.69, 9.17) is 16.8 Å². The van der Waals surface area contributed by atoms with Crippen molar-refractivity contribution in [2.75, 3.05) is 6.17 Å². The number of nitrogens with two attached hydrogens (primary N) is 1. The minimum atomic E-state index is -1.29. The van der Waals surface area contributed by atoms with E-state index in [2.05, 4.69) is 0 Å². The van der Waals surface area contributed by atoms with Crippen LogP contribution in [0.4, 0.5) is 0 Å². The lowest BCUT2D eigenvalue weighted by Crippen LogP contribution is -2.32. The first-order chi connectivity index (χ1) is 4.84. The molecule has 0 amide bonds. The summed E-state index contributed by atoms with van der Waals surface area (Å²) in [5, 5.41) is 1.23. The van der Waals surface area contributed by atoms with Crippen molar-refractivity contribution >= 4 is 24.4 Å². The summed E-state index contributed by atoms with van der Waals surface area (Å²) in [5.74, 6) is 0. The van der Waals surface area contributed by atoms with E-state index in [-0.39, 0.29) is 0 Å². The highest BCUT2D eigenvalue weighted by atomic mass is 35.6. The fourth-order valence-corrected chi connectivity index (χ4v) is 2.15. The minimum absolute atomic E-state index is 0.631. The zero-order valence-electron chi connectivity index (χ0n) is 5.63. The maximum atomic E-state index is 6.00. The Bertz CT molecular complexity index is 190. The van der Waals surface area contributed by atoms with Gasteiger partial charge < -0.3 is 5.73 Å². The molecule has 0 saturated carbocycles. The van der Waals surface area contributed by atoms with E-state index < -0.39 is 8.11 Å². The summed E-state index contributed by atoms with van der Waals surface area (Å²) in [6.45, 7) is 0. The molecule has 0 heterocycles. The molecule has 1 nitrogen and oxygen atoms in total. The third-order valence-electron chi connectivity index (χ3n) is 1.37. The summed E-state index contributed by atoms with van der Waals surface area (Å²) < 4.78 is 0. The van der Waals surface area contributed by atoms with Crippen LogP contribution in [0.1, 0.15) is 0 Å². The minimum Gasteiger partial charge on any atom is -0.332 e. The largest absolute Gasteiger partial charge is 0.332 e. The molecule has 1 aromatic rings. The lowest BCUT2D eigenvalue weighted by atomic mass is 10.4. The highest BCUT2D eigenvalue weighted by Gasteiger charge is 2.04. The molecule has 1 atom stereocenters. The number of hydrogen-bond donors (Lipinski definition) is 1. The van der Waals surface area contributed by atoms with Crippen LogP contribution in [0.3, 0.4) is 0 Å². The number of benzene rings is 1. The van der Waals surface area contributed by atoms with Crippen LogP contribution in [0.15, 0.2) is 30.3 Å². The SMILES string of the molecule is NC[SiH](Cl)c1ccccc1. The van der Waals surface area contributed by atoms with Crippen molar-refractivity contribution in [3.05, 3.63) is 30.3 Å². The Balaban J connectivity index is 2.75. The number of hydrogen-bond acceptors (Lipinski definition) is 1. The lowest BCUT2D eigenvalue weighted by molar-refractivity contribution is 1.36. The maximum Gasteiger partial charge on any atom is 0.184 e. The van der Waals surface area contributed by atoms with Gasteiger partial charge in [0.05, 0.1) is 0 Å². The van der Waals surface area contributed by atoms with Gasteiger partial charge in [-0.15, -0.1) is 0 Å². The van der Waals surface area contributed by atoms with E-state index in [0.29, 0.717) is 6.17 Å². The molecule has 0 aliphatic heterocycles. The molecule has 1 rings (SSSR count). The Morgan fingerprint density at radius 3 is 2.40 bits per heavy atom. The third-order valence-corrected chi connectivity index (χ3v) is 4.18. The molecule has 0 saturated heterocycles. The van der Waals surface area contributed by atoms with E-state index >= 15 is 0 Å². The molecule has 0 aromatic heterocycles. The van der Waals surface area contributed by atoms with Crippen molar-refractivity contribution in [1.82, 2.24) is 0 Å². The van der Waals surface area contributed by atoms with Gasteiger partial charge in [0.2, 0.25) is 0 Å². The predicted molar refractivity (Wildman–Crippen MR) is 48.1 cm³/mol. The summed E-state index contributed by atoms with van der Waals surface area (Å²) in [5.41, 5.74) is 5.43. The monoisotopic (exact) mass is 171 g/mol. The van der Waals surface area contributed by atoms with E-state index in [1.165, 1.54) is 5.19 Å². The Morgan fingerprint density at radius 2 is 1.90 bits per heavy atom. The quantitative estimate of drug-likeness (QED) is 0.505. The van der Waals surface area contributed by atoms with Crippen LogP contribution in [0.25, 0.3) is 0 Å². The van der Waals surface area contributed by atoms with Gasteiger partial charge in [-0.05, 0) is 5.19 Å². The Morgan fingerprint density at radius 1 is 1.30 bits per heavy atom. The molecule has 0 radical (unpaired) electrons. The van der Waals surface area contributed by atoms with Crippen molar-refractivity contribution < 1.29 is 0 Å². The predicted octanol–water partition coefficient (Wildman–Crippen LogP) is 0.354. The van der Waals surface area contributed by atoms with Crippen LogP contribution in [-0.4, -0.2) is 14.3 Å². The highest BCUT2D eigenvalue weighted by Crippen LogP contribution is 1.90. The highest BCUT2D eigenvalue weighted by molar-refractivity contribution is 7.14. The average Bonchev–Trinajstić information content (AvgIpc) is 2.05. The fraction of sp³-hybridized carbons (Fsp3) is 0.143. The molecule has 2 N–H and O–H groups in total. The van der Waals surface area contributed by atoms with Crippen LogP contribution < -0.4 is 10.9 Å². The molecule has 1 aromatic carbocycles. The molecule has 0 aliphatic carbocycles. The second kappa shape index (κ2) is 3.76. The van der Waals surface area contributed by atoms with Crippen molar-refractivity contribution in [3.8, 4) is 0 Å². The smallest absolute Gasteiger partial charge is 0.184 e. The summed E-state index contributed by atoms with van der Waals surface area (Å²) in [7, 11) is -1.29. The second-order valence-electron chi connectivity index (χ2n) is 2.11. The summed E-state index contributed by atoms with van der Waals surface area (Å²) in [6, 6.07) is 10.0. The Labute approximate surface area is 67.1 Å². The molecule has 10 heavy (non-hydrogen) atoms. The molecule has 0 aliphatic rings. The van der Waals surface area contributed by atoms with Gasteiger partial charge in [-0.1, -0.05) is 30.3 Å². The molecule has 0 bridgehead atoms. The molecule has 54 valence electrons. The molecule has 1 unspecified atom stereocenters. The van der Waals surface area contributed by atoms with Gasteiger partial charge in [0, 0.05) is 6.17 Å². The van der Waals surface area contributed by atoms with Gasteiger partial charge >= 0.3 is 0 Å². The normalized spacial score (nSPS) is 13.0. The van der Waals surface area contributed by atoms with Crippen molar-refractivity contribution in [2.45, 2.75) is 0 Å². The Hall–Kier alpha value is -0.313.